The zero-order valence-electron chi connectivity index (χ0n) is 10.6. The summed E-state index contributed by atoms with van der Waals surface area (Å²) in [4.78, 5) is 11.7. The molecule has 1 aromatic rings. The van der Waals surface area contributed by atoms with Crippen LogP contribution in [0.15, 0.2) is 18.2 Å². The van der Waals surface area contributed by atoms with Gasteiger partial charge in [-0.25, -0.2) is 12.8 Å². The van der Waals surface area contributed by atoms with Crippen LogP contribution in [-0.4, -0.2) is 26.1 Å². The number of hydrogen-bond donors (Lipinski definition) is 3. The predicted molar refractivity (Wildman–Crippen MR) is 76.9 cm³/mol. The van der Waals surface area contributed by atoms with E-state index in [4.69, 9.17) is 5.73 Å². The van der Waals surface area contributed by atoms with E-state index in [1.165, 1.54) is 12.1 Å². The standard InChI is InChI=1S/C11H14FN3O3S.ClH/c1-19(17,18)15-9-6-7(2-3-8(9)12)14-10(16)11(13)4-5-11;/h2-3,6,15H,4-5,13H2,1H3,(H,14,16);1H. The normalized spacial score (nSPS) is 15.9. The third kappa shape index (κ3) is 4.06. The molecular weight excluding hydrogens is 309 g/mol. The number of carbonyl (C=O) groups is 1. The Balaban J connectivity index is 0.00000200. The van der Waals surface area contributed by atoms with Crippen molar-refractivity contribution < 1.29 is 17.6 Å². The minimum absolute atomic E-state index is 0. The summed E-state index contributed by atoms with van der Waals surface area (Å²) in [7, 11) is -3.59. The van der Waals surface area contributed by atoms with Crippen LogP contribution in [0.4, 0.5) is 15.8 Å². The number of rotatable bonds is 4. The molecule has 1 aliphatic rings. The number of benzene rings is 1. The smallest absolute Gasteiger partial charge is 0.244 e. The van der Waals surface area contributed by atoms with Gasteiger partial charge in [-0.05, 0) is 31.0 Å². The summed E-state index contributed by atoms with van der Waals surface area (Å²) in [5, 5.41) is 2.53. The second-order valence-corrected chi connectivity index (χ2v) is 6.43. The van der Waals surface area contributed by atoms with Gasteiger partial charge in [0.1, 0.15) is 5.82 Å². The van der Waals surface area contributed by atoms with Crippen LogP contribution in [0.25, 0.3) is 0 Å². The van der Waals surface area contributed by atoms with Crippen molar-refractivity contribution in [2.24, 2.45) is 5.73 Å². The van der Waals surface area contributed by atoms with Crippen LogP contribution in [-0.2, 0) is 14.8 Å². The van der Waals surface area contributed by atoms with E-state index in [9.17, 15) is 17.6 Å². The summed E-state index contributed by atoms with van der Waals surface area (Å²) in [6.07, 6.45) is 2.12. The molecule has 6 nitrogen and oxygen atoms in total. The Bertz CT molecular complexity index is 632. The quantitative estimate of drug-likeness (QED) is 0.770. The molecule has 1 aliphatic carbocycles. The first-order chi connectivity index (χ1) is 8.70. The Labute approximate surface area is 122 Å². The minimum Gasteiger partial charge on any atom is -0.324 e. The average molecular weight is 324 g/mol. The Hall–Kier alpha value is -1.38. The van der Waals surface area contributed by atoms with Crippen molar-refractivity contribution in [3.8, 4) is 0 Å². The molecule has 0 spiro atoms. The van der Waals surface area contributed by atoms with Crippen LogP contribution in [0.5, 0.6) is 0 Å². The maximum Gasteiger partial charge on any atom is 0.244 e. The Kier molecular flexibility index (Phi) is 4.62. The van der Waals surface area contributed by atoms with E-state index in [1.54, 1.807) is 0 Å². The fourth-order valence-electron chi connectivity index (χ4n) is 1.50. The third-order valence-corrected chi connectivity index (χ3v) is 3.35. The maximum absolute atomic E-state index is 13.4. The van der Waals surface area contributed by atoms with Gasteiger partial charge in [-0.1, -0.05) is 0 Å². The number of nitrogens with one attached hydrogen (secondary N) is 2. The van der Waals surface area contributed by atoms with Crippen molar-refractivity contribution in [1.29, 1.82) is 0 Å². The second kappa shape index (κ2) is 5.55. The molecule has 1 aromatic carbocycles. The van der Waals surface area contributed by atoms with Gasteiger partial charge in [-0.3, -0.25) is 9.52 Å². The van der Waals surface area contributed by atoms with Gasteiger partial charge in [0.15, 0.2) is 0 Å². The SMILES string of the molecule is CS(=O)(=O)Nc1cc(NC(=O)C2(N)CC2)ccc1F.Cl. The number of sulfonamides is 1. The zero-order chi connectivity index (χ0) is 14.3. The lowest BCUT2D eigenvalue weighted by Gasteiger charge is -2.12. The van der Waals surface area contributed by atoms with E-state index in [-0.39, 0.29) is 29.7 Å². The van der Waals surface area contributed by atoms with E-state index in [0.717, 1.165) is 12.3 Å². The van der Waals surface area contributed by atoms with Crippen molar-refractivity contribution in [3.05, 3.63) is 24.0 Å². The highest BCUT2D eigenvalue weighted by Crippen LogP contribution is 2.33. The van der Waals surface area contributed by atoms with Crippen molar-refractivity contribution in [2.45, 2.75) is 18.4 Å². The first-order valence-corrected chi connectivity index (χ1v) is 7.46. The lowest BCUT2D eigenvalue weighted by molar-refractivity contribution is -0.118. The molecule has 20 heavy (non-hydrogen) atoms. The monoisotopic (exact) mass is 323 g/mol. The molecule has 0 heterocycles. The van der Waals surface area contributed by atoms with Gasteiger partial charge in [-0.2, -0.15) is 0 Å². The lowest BCUT2D eigenvalue weighted by atomic mass is 10.2. The number of amides is 1. The van der Waals surface area contributed by atoms with Crippen LogP contribution in [0.1, 0.15) is 12.8 Å². The average Bonchev–Trinajstić information content (AvgIpc) is 3.01. The second-order valence-electron chi connectivity index (χ2n) is 4.68. The molecule has 1 fully saturated rings. The van der Waals surface area contributed by atoms with Crippen LogP contribution >= 0.6 is 12.4 Å². The van der Waals surface area contributed by atoms with E-state index >= 15 is 0 Å². The van der Waals surface area contributed by atoms with E-state index in [0.29, 0.717) is 12.8 Å². The molecule has 0 bridgehead atoms. The summed E-state index contributed by atoms with van der Waals surface area (Å²) in [5.41, 5.74) is 4.93. The molecule has 112 valence electrons. The van der Waals surface area contributed by atoms with E-state index < -0.39 is 21.4 Å². The Morgan fingerprint density at radius 2 is 2.00 bits per heavy atom. The van der Waals surface area contributed by atoms with Gasteiger partial charge in [0, 0.05) is 5.69 Å². The predicted octanol–water partition coefficient (Wildman–Crippen LogP) is 1.05. The molecule has 2 rings (SSSR count). The Morgan fingerprint density at radius 3 is 2.50 bits per heavy atom. The van der Waals surface area contributed by atoms with Gasteiger partial charge in [0.05, 0.1) is 17.5 Å². The summed E-state index contributed by atoms with van der Waals surface area (Å²) in [5.74, 6) is -1.08. The van der Waals surface area contributed by atoms with Crippen molar-refractivity contribution in [2.75, 3.05) is 16.3 Å². The fraction of sp³-hybridized carbons (Fsp3) is 0.364. The Morgan fingerprint density at radius 1 is 1.40 bits per heavy atom. The molecule has 0 aliphatic heterocycles. The molecule has 0 radical (unpaired) electrons. The van der Waals surface area contributed by atoms with Gasteiger partial charge >= 0.3 is 0 Å². The van der Waals surface area contributed by atoms with Gasteiger partial charge in [0.25, 0.3) is 0 Å². The van der Waals surface area contributed by atoms with Gasteiger partial charge in [0.2, 0.25) is 15.9 Å². The molecule has 0 saturated heterocycles. The minimum atomic E-state index is -3.59. The molecule has 1 amide bonds. The molecule has 9 heteroatoms. The molecule has 0 atom stereocenters. The van der Waals surface area contributed by atoms with Crippen molar-refractivity contribution >= 4 is 39.7 Å². The van der Waals surface area contributed by atoms with E-state index in [2.05, 4.69) is 5.32 Å². The van der Waals surface area contributed by atoms with Crippen molar-refractivity contribution in [3.63, 3.8) is 0 Å². The molecule has 0 unspecified atom stereocenters. The number of carbonyl (C=O) groups excluding carboxylic acids is 1. The first kappa shape index (κ1) is 16.7. The van der Waals surface area contributed by atoms with Crippen molar-refractivity contribution in [1.82, 2.24) is 0 Å². The largest absolute Gasteiger partial charge is 0.324 e. The van der Waals surface area contributed by atoms with Crippen LogP contribution in [0.2, 0.25) is 0 Å². The molecular formula is C11H15ClFN3O3S. The summed E-state index contributed by atoms with van der Waals surface area (Å²) in [6.45, 7) is 0. The summed E-state index contributed by atoms with van der Waals surface area (Å²) < 4.78 is 37.6. The number of anilines is 2. The molecule has 1 saturated carbocycles. The molecule has 0 aromatic heterocycles. The van der Waals surface area contributed by atoms with Gasteiger partial charge in [-0.15, -0.1) is 12.4 Å². The topological polar surface area (TPSA) is 101 Å². The third-order valence-electron chi connectivity index (χ3n) is 2.76. The number of halogens is 2. The summed E-state index contributed by atoms with van der Waals surface area (Å²) in [6, 6.07) is 3.62. The fourth-order valence-corrected chi connectivity index (χ4v) is 2.05. The van der Waals surface area contributed by atoms with Crippen LogP contribution in [0, 0.1) is 5.82 Å². The van der Waals surface area contributed by atoms with E-state index in [1.807, 2.05) is 4.72 Å². The van der Waals surface area contributed by atoms with Gasteiger partial charge < -0.3 is 11.1 Å². The highest BCUT2D eigenvalue weighted by Gasteiger charge is 2.45. The molecule has 4 N–H and O–H groups in total. The maximum atomic E-state index is 13.4. The lowest BCUT2D eigenvalue weighted by Crippen LogP contribution is -2.37. The van der Waals surface area contributed by atoms with Crippen LogP contribution < -0.4 is 15.8 Å². The summed E-state index contributed by atoms with van der Waals surface area (Å²) >= 11 is 0. The number of nitrogens with two attached hydrogens (primary N) is 1. The zero-order valence-corrected chi connectivity index (χ0v) is 12.3. The number of hydrogen-bond acceptors (Lipinski definition) is 4. The highest BCUT2D eigenvalue weighted by molar-refractivity contribution is 7.92. The van der Waals surface area contributed by atoms with Crippen LogP contribution in [0.3, 0.4) is 0 Å². The first-order valence-electron chi connectivity index (χ1n) is 5.57. The highest BCUT2D eigenvalue weighted by atomic mass is 35.5.